The Kier molecular flexibility index (Phi) is 6.27. The number of hydrogen-bond acceptors (Lipinski definition) is 7. The summed E-state index contributed by atoms with van der Waals surface area (Å²) in [6.45, 7) is 8.85. The number of nitrogens with two attached hydrogens (primary N) is 1. The van der Waals surface area contributed by atoms with Crippen LogP contribution < -0.4 is 21.3 Å². The van der Waals surface area contributed by atoms with Crippen LogP contribution in [0.3, 0.4) is 0 Å². The molecule has 0 fully saturated rings. The summed E-state index contributed by atoms with van der Waals surface area (Å²) < 4.78 is 5.29. The molecule has 0 radical (unpaired) electrons. The molecule has 1 rings (SSSR count). The Morgan fingerprint density at radius 2 is 1.74 bits per heavy atom. The summed E-state index contributed by atoms with van der Waals surface area (Å²) >= 11 is 0. The SMILES string of the molecule is CCOc1nc(NN)nc(NC(C)C(CC)CC)n1. The predicted octanol–water partition coefficient (Wildman–Crippen LogP) is 1.79. The highest BCUT2D eigenvalue weighted by Gasteiger charge is 2.15. The van der Waals surface area contributed by atoms with Gasteiger partial charge in [-0.25, -0.2) is 5.84 Å². The third kappa shape index (κ3) is 4.51. The van der Waals surface area contributed by atoms with E-state index >= 15 is 0 Å². The molecule has 0 aliphatic heterocycles. The minimum Gasteiger partial charge on any atom is -0.464 e. The van der Waals surface area contributed by atoms with Crippen molar-refractivity contribution >= 4 is 11.9 Å². The Hall–Kier alpha value is -1.63. The maximum atomic E-state index is 5.34. The van der Waals surface area contributed by atoms with Gasteiger partial charge in [-0.15, -0.1) is 0 Å². The molecule has 1 atom stereocenters. The molecule has 1 heterocycles. The zero-order valence-corrected chi connectivity index (χ0v) is 12.1. The van der Waals surface area contributed by atoms with Crippen molar-refractivity contribution in [1.82, 2.24) is 15.0 Å². The van der Waals surface area contributed by atoms with Gasteiger partial charge in [-0.3, -0.25) is 5.43 Å². The second kappa shape index (κ2) is 7.73. The Labute approximate surface area is 114 Å². The minimum atomic E-state index is 0.268. The summed E-state index contributed by atoms with van der Waals surface area (Å²) in [5, 5.41) is 3.28. The topological polar surface area (TPSA) is 98.0 Å². The first-order valence-corrected chi connectivity index (χ1v) is 6.76. The molecule has 0 saturated carbocycles. The van der Waals surface area contributed by atoms with Crippen molar-refractivity contribution in [2.75, 3.05) is 17.3 Å². The number of aromatic nitrogens is 3. The molecule has 7 heteroatoms. The number of hydrogen-bond donors (Lipinski definition) is 3. The Morgan fingerprint density at radius 1 is 1.11 bits per heavy atom. The summed E-state index contributed by atoms with van der Waals surface area (Å²) in [4.78, 5) is 12.4. The van der Waals surface area contributed by atoms with E-state index in [1.807, 2.05) is 6.92 Å². The number of nitrogen functional groups attached to an aromatic ring is 1. The van der Waals surface area contributed by atoms with E-state index in [1.165, 1.54) is 0 Å². The number of nitrogens with zero attached hydrogens (tertiary/aromatic N) is 3. The monoisotopic (exact) mass is 268 g/mol. The Bertz CT molecular complexity index is 382. The van der Waals surface area contributed by atoms with E-state index in [-0.39, 0.29) is 18.0 Å². The smallest absolute Gasteiger partial charge is 0.323 e. The molecule has 108 valence electrons. The number of anilines is 2. The highest BCUT2D eigenvalue weighted by molar-refractivity contribution is 5.35. The summed E-state index contributed by atoms with van der Waals surface area (Å²) in [5.41, 5.74) is 2.41. The normalized spacial score (nSPS) is 12.3. The van der Waals surface area contributed by atoms with E-state index in [0.29, 0.717) is 18.5 Å². The lowest BCUT2D eigenvalue weighted by Gasteiger charge is -2.22. The summed E-state index contributed by atoms with van der Waals surface area (Å²) in [6.07, 6.45) is 2.21. The van der Waals surface area contributed by atoms with Crippen molar-refractivity contribution in [2.24, 2.45) is 11.8 Å². The fraction of sp³-hybridized carbons (Fsp3) is 0.750. The van der Waals surface area contributed by atoms with Crippen molar-refractivity contribution in [1.29, 1.82) is 0 Å². The van der Waals surface area contributed by atoms with Gasteiger partial charge in [0.2, 0.25) is 11.9 Å². The molecule has 0 aliphatic carbocycles. The lowest BCUT2D eigenvalue weighted by atomic mass is 9.96. The van der Waals surface area contributed by atoms with E-state index in [2.05, 4.69) is 46.5 Å². The fourth-order valence-corrected chi connectivity index (χ4v) is 2.00. The molecule has 0 bridgehead atoms. The van der Waals surface area contributed by atoms with Crippen LogP contribution in [0.25, 0.3) is 0 Å². The van der Waals surface area contributed by atoms with Gasteiger partial charge >= 0.3 is 6.01 Å². The van der Waals surface area contributed by atoms with Gasteiger partial charge in [0, 0.05) is 6.04 Å². The van der Waals surface area contributed by atoms with E-state index in [4.69, 9.17) is 10.6 Å². The van der Waals surface area contributed by atoms with Gasteiger partial charge in [-0.1, -0.05) is 26.7 Å². The van der Waals surface area contributed by atoms with Crippen LogP contribution in [-0.4, -0.2) is 27.6 Å². The minimum absolute atomic E-state index is 0.268. The third-order valence-corrected chi connectivity index (χ3v) is 3.13. The van der Waals surface area contributed by atoms with Crippen molar-refractivity contribution in [3.05, 3.63) is 0 Å². The highest BCUT2D eigenvalue weighted by Crippen LogP contribution is 2.17. The quantitative estimate of drug-likeness (QED) is 0.488. The van der Waals surface area contributed by atoms with Crippen LogP contribution in [0.2, 0.25) is 0 Å². The maximum absolute atomic E-state index is 5.34. The van der Waals surface area contributed by atoms with Gasteiger partial charge in [0.05, 0.1) is 6.61 Å². The van der Waals surface area contributed by atoms with Gasteiger partial charge in [0.15, 0.2) is 0 Å². The van der Waals surface area contributed by atoms with Gasteiger partial charge in [0.25, 0.3) is 0 Å². The molecular weight excluding hydrogens is 244 g/mol. The van der Waals surface area contributed by atoms with Crippen LogP contribution in [-0.2, 0) is 0 Å². The lowest BCUT2D eigenvalue weighted by Crippen LogP contribution is -2.26. The van der Waals surface area contributed by atoms with Gasteiger partial charge in [-0.05, 0) is 19.8 Å². The molecule has 0 spiro atoms. The molecule has 4 N–H and O–H groups in total. The van der Waals surface area contributed by atoms with Gasteiger partial charge < -0.3 is 10.1 Å². The highest BCUT2D eigenvalue weighted by atomic mass is 16.5. The fourth-order valence-electron chi connectivity index (χ4n) is 2.00. The lowest BCUT2D eigenvalue weighted by molar-refractivity contribution is 0.312. The number of nitrogens with one attached hydrogen (secondary N) is 2. The number of ether oxygens (including phenoxy) is 1. The summed E-state index contributed by atoms with van der Waals surface area (Å²) in [5.74, 6) is 6.68. The zero-order valence-electron chi connectivity index (χ0n) is 12.1. The summed E-state index contributed by atoms with van der Waals surface area (Å²) in [7, 11) is 0. The van der Waals surface area contributed by atoms with E-state index in [9.17, 15) is 0 Å². The number of rotatable bonds is 8. The van der Waals surface area contributed by atoms with Crippen molar-refractivity contribution < 1.29 is 4.74 Å². The first kappa shape index (κ1) is 15.4. The van der Waals surface area contributed by atoms with Crippen LogP contribution in [0.15, 0.2) is 0 Å². The molecule has 0 amide bonds. The molecular formula is C12H24N6O. The average Bonchev–Trinajstić information content (AvgIpc) is 2.40. The molecule has 0 aliphatic rings. The molecule has 0 aromatic carbocycles. The van der Waals surface area contributed by atoms with Crippen molar-refractivity contribution in [3.8, 4) is 6.01 Å². The first-order chi connectivity index (χ1) is 9.14. The molecule has 7 nitrogen and oxygen atoms in total. The van der Waals surface area contributed by atoms with Gasteiger partial charge in [-0.2, -0.15) is 15.0 Å². The second-order valence-electron chi connectivity index (χ2n) is 4.35. The summed E-state index contributed by atoms with van der Waals surface area (Å²) in [6, 6.07) is 0.544. The van der Waals surface area contributed by atoms with E-state index < -0.39 is 0 Å². The van der Waals surface area contributed by atoms with Crippen LogP contribution in [0.5, 0.6) is 6.01 Å². The first-order valence-electron chi connectivity index (χ1n) is 6.76. The Balaban J connectivity index is 2.84. The number of hydrazine groups is 1. The van der Waals surface area contributed by atoms with Gasteiger partial charge in [0.1, 0.15) is 0 Å². The molecule has 1 unspecified atom stereocenters. The van der Waals surface area contributed by atoms with Crippen molar-refractivity contribution in [3.63, 3.8) is 0 Å². The molecule has 1 aromatic rings. The van der Waals surface area contributed by atoms with E-state index in [0.717, 1.165) is 12.8 Å². The maximum Gasteiger partial charge on any atom is 0.323 e. The standard InChI is InChI=1S/C12H24N6O/c1-5-9(6-2)8(4)14-10-15-11(18-13)17-12(16-10)19-7-3/h8-9H,5-7,13H2,1-4H3,(H2,14,15,16,17,18). The van der Waals surface area contributed by atoms with E-state index in [1.54, 1.807) is 0 Å². The predicted molar refractivity (Wildman–Crippen MR) is 76.0 cm³/mol. The second-order valence-corrected chi connectivity index (χ2v) is 4.35. The molecule has 1 aromatic heterocycles. The zero-order chi connectivity index (χ0) is 14.3. The van der Waals surface area contributed by atoms with Crippen LogP contribution in [0, 0.1) is 5.92 Å². The average molecular weight is 268 g/mol. The van der Waals surface area contributed by atoms with Crippen LogP contribution >= 0.6 is 0 Å². The Morgan fingerprint density at radius 3 is 2.26 bits per heavy atom. The molecule has 19 heavy (non-hydrogen) atoms. The van der Waals surface area contributed by atoms with Crippen molar-refractivity contribution in [2.45, 2.75) is 46.6 Å². The third-order valence-electron chi connectivity index (χ3n) is 3.13. The molecule has 0 saturated heterocycles. The largest absolute Gasteiger partial charge is 0.464 e. The van der Waals surface area contributed by atoms with Crippen LogP contribution in [0.4, 0.5) is 11.9 Å². The van der Waals surface area contributed by atoms with Crippen LogP contribution in [0.1, 0.15) is 40.5 Å².